The highest BCUT2D eigenvalue weighted by Gasteiger charge is 2.19. The van der Waals surface area contributed by atoms with E-state index in [4.69, 9.17) is 10.5 Å². The Morgan fingerprint density at radius 3 is 2.61 bits per heavy atom. The minimum absolute atomic E-state index is 0.189. The Kier molecular flexibility index (Phi) is 7.22. The van der Waals surface area contributed by atoms with Crippen LogP contribution in [0.3, 0.4) is 0 Å². The molecule has 2 unspecified atom stereocenters. The summed E-state index contributed by atoms with van der Waals surface area (Å²) < 4.78 is 7.90. The van der Waals surface area contributed by atoms with Crippen LogP contribution in [0.15, 0.2) is 78.6 Å². The van der Waals surface area contributed by atoms with Crippen LogP contribution in [-0.2, 0) is 13.0 Å². The first-order chi connectivity index (χ1) is 16.0. The van der Waals surface area contributed by atoms with Gasteiger partial charge in [0.05, 0.1) is 18.5 Å². The minimum Gasteiger partial charge on any atom is -0.489 e. The smallest absolute Gasteiger partial charge is 0.268 e. The van der Waals surface area contributed by atoms with Gasteiger partial charge in [-0.3, -0.25) is 4.79 Å². The molecule has 2 aromatic carbocycles. The van der Waals surface area contributed by atoms with Crippen LogP contribution in [0.5, 0.6) is 5.75 Å². The molecule has 0 radical (unpaired) electrons. The number of nitrogens with zero attached hydrogens (tertiary/aromatic N) is 2. The highest BCUT2D eigenvalue weighted by molar-refractivity contribution is 7.13. The quantitative estimate of drug-likeness (QED) is 0.353. The second kappa shape index (κ2) is 10.5. The summed E-state index contributed by atoms with van der Waals surface area (Å²) in [5, 5.41) is 12.4. The molecule has 0 saturated heterocycles. The van der Waals surface area contributed by atoms with Gasteiger partial charge in [-0.25, -0.2) is 4.98 Å². The zero-order chi connectivity index (χ0) is 23.2. The van der Waals surface area contributed by atoms with Gasteiger partial charge < -0.3 is 20.1 Å². The topological polar surface area (TPSA) is 90.4 Å². The van der Waals surface area contributed by atoms with E-state index in [1.54, 1.807) is 35.4 Å². The molecule has 2 heterocycles. The predicted octanol–water partition coefficient (Wildman–Crippen LogP) is 4.84. The number of para-hydroxylation sites is 1. The Morgan fingerprint density at radius 2 is 1.94 bits per heavy atom. The van der Waals surface area contributed by atoms with Crippen LogP contribution in [0.25, 0.3) is 10.4 Å². The first kappa shape index (κ1) is 22.8. The van der Waals surface area contributed by atoms with Gasteiger partial charge in [0.1, 0.15) is 18.1 Å². The third kappa shape index (κ3) is 5.69. The van der Waals surface area contributed by atoms with Gasteiger partial charge in [0.15, 0.2) is 0 Å². The molecule has 33 heavy (non-hydrogen) atoms. The molecule has 0 saturated carbocycles. The van der Waals surface area contributed by atoms with Crippen LogP contribution < -0.4 is 10.5 Å². The Bertz CT molecular complexity index is 1180. The standard InChI is InChI=1S/C26H27N3O3S/c1-18(30)23(29-15-22(26(27)31)28-17-29)13-12-20-5-2-3-6-24(20)32-16-19-8-10-21(11-9-19)25-7-4-14-33-25/h2-11,14-15,17-18,23,30H,12-13,16H2,1H3,(H2,27,31). The Hall–Kier alpha value is -3.42. The molecular formula is C26H27N3O3S. The summed E-state index contributed by atoms with van der Waals surface area (Å²) in [7, 11) is 0. The average Bonchev–Trinajstić information content (AvgIpc) is 3.52. The molecule has 2 atom stereocenters. The fraction of sp³-hybridized carbons (Fsp3) is 0.231. The number of aromatic nitrogens is 2. The summed E-state index contributed by atoms with van der Waals surface area (Å²) in [6.07, 6.45) is 3.87. The van der Waals surface area contributed by atoms with Crippen LogP contribution in [0.1, 0.15) is 41.0 Å². The summed E-state index contributed by atoms with van der Waals surface area (Å²) in [5.74, 6) is 0.243. The van der Waals surface area contributed by atoms with Crippen molar-refractivity contribution in [1.82, 2.24) is 9.55 Å². The first-order valence-electron chi connectivity index (χ1n) is 10.9. The van der Waals surface area contributed by atoms with Crippen LogP contribution in [0.4, 0.5) is 0 Å². The van der Waals surface area contributed by atoms with E-state index in [2.05, 4.69) is 46.8 Å². The normalized spacial score (nSPS) is 12.9. The number of hydrogen-bond donors (Lipinski definition) is 2. The summed E-state index contributed by atoms with van der Waals surface area (Å²) >= 11 is 1.73. The zero-order valence-corrected chi connectivity index (χ0v) is 19.2. The number of imidazole rings is 1. The van der Waals surface area contributed by atoms with E-state index in [0.717, 1.165) is 16.9 Å². The van der Waals surface area contributed by atoms with Gasteiger partial charge in [0, 0.05) is 11.1 Å². The molecule has 4 rings (SSSR count). The number of amides is 1. The van der Waals surface area contributed by atoms with Crippen molar-refractivity contribution < 1.29 is 14.6 Å². The molecule has 170 valence electrons. The van der Waals surface area contributed by atoms with Crippen molar-refractivity contribution in [3.05, 3.63) is 95.4 Å². The Labute approximate surface area is 197 Å². The van der Waals surface area contributed by atoms with Crippen molar-refractivity contribution in [3.63, 3.8) is 0 Å². The number of aryl methyl sites for hydroxylation is 1. The van der Waals surface area contributed by atoms with Gasteiger partial charge in [-0.2, -0.15) is 0 Å². The third-order valence-corrected chi connectivity index (χ3v) is 6.55. The number of primary amides is 1. The monoisotopic (exact) mass is 461 g/mol. The number of ether oxygens (including phenoxy) is 1. The van der Waals surface area contributed by atoms with E-state index in [1.165, 1.54) is 10.4 Å². The maximum atomic E-state index is 11.4. The van der Waals surface area contributed by atoms with Crippen LogP contribution in [0.2, 0.25) is 0 Å². The van der Waals surface area contributed by atoms with Crippen molar-refractivity contribution in [1.29, 1.82) is 0 Å². The van der Waals surface area contributed by atoms with Gasteiger partial charge in [0.2, 0.25) is 0 Å². The molecular weight excluding hydrogens is 434 g/mol. The molecule has 3 N–H and O–H groups in total. The van der Waals surface area contributed by atoms with E-state index in [-0.39, 0.29) is 11.7 Å². The highest BCUT2D eigenvalue weighted by Crippen LogP contribution is 2.27. The van der Waals surface area contributed by atoms with Gasteiger partial charge in [-0.05, 0) is 54.0 Å². The molecule has 0 aliphatic heterocycles. The summed E-state index contributed by atoms with van der Waals surface area (Å²) in [4.78, 5) is 16.6. The summed E-state index contributed by atoms with van der Waals surface area (Å²) in [6.45, 7) is 2.21. The fourth-order valence-corrected chi connectivity index (χ4v) is 4.54. The third-order valence-electron chi connectivity index (χ3n) is 5.63. The van der Waals surface area contributed by atoms with Crippen molar-refractivity contribution in [3.8, 4) is 16.2 Å². The molecule has 4 aromatic rings. The molecule has 2 aromatic heterocycles. The molecule has 0 spiro atoms. The van der Waals surface area contributed by atoms with Crippen LogP contribution in [-0.4, -0.2) is 26.7 Å². The minimum atomic E-state index is -0.616. The summed E-state index contributed by atoms with van der Waals surface area (Å²) in [5.41, 5.74) is 8.87. The maximum absolute atomic E-state index is 11.4. The molecule has 6 nitrogen and oxygen atoms in total. The lowest BCUT2D eigenvalue weighted by atomic mass is 10.0. The van der Waals surface area contributed by atoms with Gasteiger partial charge in [-0.1, -0.05) is 48.5 Å². The molecule has 0 aliphatic rings. The number of carbonyl (C=O) groups excluding carboxylic acids is 1. The van der Waals surface area contributed by atoms with Crippen molar-refractivity contribution in [2.24, 2.45) is 5.73 Å². The van der Waals surface area contributed by atoms with Crippen molar-refractivity contribution in [2.45, 2.75) is 38.5 Å². The largest absolute Gasteiger partial charge is 0.489 e. The second-order valence-electron chi connectivity index (χ2n) is 7.99. The molecule has 0 bridgehead atoms. The van der Waals surface area contributed by atoms with E-state index in [9.17, 15) is 9.90 Å². The Balaban J connectivity index is 1.40. The highest BCUT2D eigenvalue weighted by atomic mass is 32.1. The van der Waals surface area contributed by atoms with E-state index in [0.29, 0.717) is 19.4 Å². The number of carbonyl (C=O) groups is 1. The molecule has 7 heteroatoms. The number of thiophene rings is 1. The molecule has 0 aliphatic carbocycles. The van der Waals surface area contributed by atoms with Gasteiger partial charge in [0.25, 0.3) is 5.91 Å². The molecule has 0 fully saturated rings. The van der Waals surface area contributed by atoms with Crippen LogP contribution in [0, 0.1) is 0 Å². The van der Waals surface area contributed by atoms with E-state index >= 15 is 0 Å². The number of hydrogen-bond acceptors (Lipinski definition) is 5. The number of benzene rings is 2. The fourth-order valence-electron chi connectivity index (χ4n) is 3.81. The zero-order valence-electron chi connectivity index (χ0n) is 18.4. The number of nitrogens with two attached hydrogens (primary N) is 1. The first-order valence-corrected chi connectivity index (χ1v) is 11.7. The molecule has 1 amide bonds. The predicted molar refractivity (Wildman–Crippen MR) is 130 cm³/mol. The van der Waals surface area contributed by atoms with Crippen molar-refractivity contribution in [2.75, 3.05) is 0 Å². The lowest BCUT2D eigenvalue weighted by Crippen LogP contribution is -2.21. The van der Waals surface area contributed by atoms with E-state index in [1.807, 2.05) is 24.3 Å². The number of aliphatic hydroxyl groups excluding tert-OH is 1. The second-order valence-corrected chi connectivity index (χ2v) is 8.94. The summed E-state index contributed by atoms with van der Waals surface area (Å²) in [6, 6.07) is 20.3. The van der Waals surface area contributed by atoms with E-state index < -0.39 is 12.0 Å². The Morgan fingerprint density at radius 1 is 1.15 bits per heavy atom. The maximum Gasteiger partial charge on any atom is 0.268 e. The SMILES string of the molecule is CC(O)C(CCc1ccccc1OCc1ccc(-c2cccs2)cc1)n1cnc(C(N)=O)c1. The average molecular weight is 462 g/mol. The lowest BCUT2D eigenvalue weighted by molar-refractivity contribution is 0.0994. The number of rotatable bonds is 10. The van der Waals surface area contributed by atoms with Gasteiger partial charge in [-0.15, -0.1) is 11.3 Å². The lowest BCUT2D eigenvalue weighted by Gasteiger charge is -2.22. The van der Waals surface area contributed by atoms with Gasteiger partial charge >= 0.3 is 0 Å². The number of aliphatic hydroxyl groups is 1. The van der Waals surface area contributed by atoms with Crippen LogP contribution >= 0.6 is 11.3 Å². The van der Waals surface area contributed by atoms with Crippen molar-refractivity contribution >= 4 is 17.2 Å².